The molecule has 0 aromatic carbocycles. The molecule has 1 aromatic rings. The number of nitrogens with zero attached hydrogens (tertiary/aromatic N) is 2. The monoisotopic (exact) mass is 213 g/mol. The quantitative estimate of drug-likeness (QED) is 0.821. The van der Waals surface area contributed by atoms with Crippen molar-refractivity contribution in [3.05, 3.63) is 11.7 Å². The fourth-order valence-electron chi connectivity index (χ4n) is 1.11. The SMILES string of the molecule is CCOC(=O)NC(CC)c1nc(C)no1. The van der Waals surface area contributed by atoms with Crippen LogP contribution in [-0.2, 0) is 4.74 Å². The molecule has 1 unspecified atom stereocenters. The number of carbonyl (C=O) groups excluding carboxylic acids is 1. The summed E-state index contributed by atoms with van der Waals surface area (Å²) in [6, 6.07) is -0.287. The van der Waals surface area contributed by atoms with Crippen molar-refractivity contribution in [3.63, 3.8) is 0 Å². The van der Waals surface area contributed by atoms with Crippen LogP contribution < -0.4 is 5.32 Å². The van der Waals surface area contributed by atoms with Crippen molar-refractivity contribution >= 4 is 6.09 Å². The lowest BCUT2D eigenvalue weighted by atomic mass is 10.2. The maximum atomic E-state index is 11.2. The Bertz CT molecular complexity index is 324. The molecule has 0 saturated carbocycles. The van der Waals surface area contributed by atoms with Crippen LogP contribution in [-0.4, -0.2) is 22.8 Å². The van der Waals surface area contributed by atoms with Gasteiger partial charge in [0.05, 0.1) is 6.61 Å². The number of hydrogen-bond donors (Lipinski definition) is 1. The van der Waals surface area contributed by atoms with Gasteiger partial charge in [0.15, 0.2) is 5.82 Å². The highest BCUT2D eigenvalue weighted by Gasteiger charge is 2.18. The Morgan fingerprint density at radius 1 is 1.60 bits per heavy atom. The van der Waals surface area contributed by atoms with Gasteiger partial charge in [-0.2, -0.15) is 4.98 Å². The van der Waals surface area contributed by atoms with Gasteiger partial charge in [-0.3, -0.25) is 0 Å². The molecule has 0 saturated heterocycles. The molecule has 0 bridgehead atoms. The number of amides is 1. The summed E-state index contributed by atoms with van der Waals surface area (Å²) in [5.74, 6) is 0.956. The van der Waals surface area contributed by atoms with Gasteiger partial charge in [-0.1, -0.05) is 12.1 Å². The lowest BCUT2D eigenvalue weighted by Crippen LogP contribution is -2.29. The first kappa shape index (κ1) is 11.5. The molecule has 0 aliphatic carbocycles. The van der Waals surface area contributed by atoms with Crippen LogP contribution in [0.1, 0.15) is 38.0 Å². The van der Waals surface area contributed by atoms with Crippen LogP contribution in [0.15, 0.2) is 4.52 Å². The second-order valence-electron chi connectivity index (χ2n) is 3.01. The molecule has 1 N–H and O–H groups in total. The highest BCUT2D eigenvalue weighted by atomic mass is 16.5. The average molecular weight is 213 g/mol. The van der Waals surface area contributed by atoms with E-state index in [0.29, 0.717) is 24.7 Å². The number of aromatic nitrogens is 2. The molecular formula is C9H15N3O3. The van der Waals surface area contributed by atoms with Gasteiger partial charge in [-0.25, -0.2) is 4.79 Å². The van der Waals surface area contributed by atoms with Gasteiger partial charge >= 0.3 is 6.09 Å². The van der Waals surface area contributed by atoms with Crippen molar-refractivity contribution in [2.45, 2.75) is 33.2 Å². The zero-order valence-corrected chi connectivity index (χ0v) is 9.11. The van der Waals surface area contributed by atoms with Gasteiger partial charge in [0.2, 0.25) is 5.89 Å². The van der Waals surface area contributed by atoms with E-state index < -0.39 is 6.09 Å². The molecule has 0 aliphatic rings. The number of hydrogen-bond acceptors (Lipinski definition) is 5. The maximum Gasteiger partial charge on any atom is 0.407 e. The van der Waals surface area contributed by atoms with Crippen molar-refractivity contribution in [3.8, 4) is 0 Å². The summed E-state index contributed by atoms with van der Waals surface area (Å²) in [5.41, 5.74) is 0. The van der Waals surface area contributed by atoms with E-state index in [1.165, 1.54) is 0 Å². The Hall–Kier alpha value is -1.59. The predicted octanol–water partition coefficient (Wildman–Crippen LogP) is 1.58. The van der Waals surface area contributed by atoms with Crippen molar-refractivity contribution in [1.29, 1.82) is 0 Å². The normalized spacial score (nSPS) is 12.2. The van der Waals surface area contributed by atoms with Gasteiger partial charge in [-0.15, -0.1) is 0 Å². The zero-order valence-electron chi connectivity index (χ0n) is 9.11. The summed E-state index contributed by atoms with van der Waals surface area (Å²) in [6.45, 7) is 5.73. The molecule has 1 heterocycles. The van der Waals surface area contributed by atoms with Gasteiger partial charge in [0.1, 0.15) is 6.04 Å². The summed E-state index contributed by atoms with van der Waals surface area (Å²) in [7, 11) is 0. The Morgan fingerprint density at radius 2 is 2.33 bits per heavy atom. The highest BCUT2D eigenvalue weighted by molar-refractivity contribution is 5.67. The molecule has 0 spiro atoms. The topological polar surface area (TPSA) is 77.2 Å². The van der Waals surface area contributed by atoms with Gasteiger partial charge in [0.25, 0.3) is 0 Å². The first-order valence-corrected chi connectivity index (χ1v) is 4.90. The second kappa shape index (κ2) is 5.33. The fourth-order valence-corrected chi connectivity index (χ4v) is 1.11. The minimum absolute atomic E-state index is 0.287. The van der Waals surface area contributed by atoms with Crippen LogP contribution >= 0.6 is 0 Å². The predicted molar refractivity (Wildman–Crippen MR) is 52.2 cm³/mol. The van der Waals surface area contributed by atoms with Crippen LogP contribution in [0.5, 0.6) is 0 Å². The summed E-state index contributed by atoms with van der Waals surface area (Å²) in [5, 5.41) is 6.30. The third-order valence-corrected chi connectivity index (χ3v) is 1.82. The molecule has 6 heteroatoms. The van der Waals surface area contributed by atoms with E-state index in [0.717, 1.165) is 0 Å². The Kier molecular flexibility index (Phi) is 4.08. The first-order valence-electron chi connectivity index (χ1n) is 4.90. The van der Waals surface area contributed by atoms with Crippen molar-refractivity contribution in [2.24, 2.45) is 0 Å². The van der Waals surface area contributed by atoms with E-state index in [4.69, 9.17) is 9.26 Å². The van der Waals surface area contributed by atoms with Crippen molar-refractivity contribution in [2.75, 3.05) is 6.61 Å². The molecule has 0 aliphatic heterocycles. The highest BCUT2D eigenvalue weighted by Crippen LogP contribution is 2.13. The van der Waals surface area contributed by atoms with Gasteiger partial charge in [-0.05, 0) is 20.3 Å². The number of carbonyl (C=O) groups is 1. The largest absolute Gasteiger partial charge is 0.450 e. The fraction of sp³-hybridized carbons (Fsp3) is 0.667. The number of rotatable bonds is 4. The minimum atomic E-state index is -0.472. The number of alkyl carbamates (subject to hydrolysis) is 1. The van der Waals surface area contributed by atoms with E-state index in [-0.39, 0.29) is 6.04 Å². The van der Waals surface area contributed by atoms with Crippen LogP contribution in [0.4, 0.5) is 4.79 Å². The molecule has 84 valence electrons. The molecular weight excluding hydrogens is 198 g/mol. The maximum absolute atomic E-state index is 11.2. The van der Waals surface area contributed by atoms with E-state index in [1.54, 1.807) is 13.8 Å². The molecule has 0 fully saturated rings. The Morgan fingerprint density at radius 3 is 2.80 bits per heavy atom. The molecule has 0 radical (unpaired) electrons. The van der Waals surface area contributed by atoms with E-state index in [1.807, 2.05) is 6.92 Å². The lowest BCUT2D eigenvalue weighted by Gasteiger charge is -2.11. The molecule has 15 heavy (non-hydrogen) atoms. The molecule has 1 rings (SSSR count). The van der Waals surface area contributed by atoms with Gasteiger partial charge in [0, 0.05) is 0 Å². The molecule has 6 nitrogen and oxygen atoms in total. The van der Waals surface area contributed by atoms with Crippen LogP contribution in [0, 0.1) is 6.92 Å². The summed E-state index contributed by atoms with van der Waals surface area (Å²) in [4.78, 5) is 15.2. The van der Waals surface area contributed by atoms with E-state index in [9.17, 15) is 4.79 Å². The smallest absolute Gasteiger partial charge is 0.407 e. The molecule has 1 aromatic heterocycles. The van der Waals surface area contributed by atoms with E-state index in [2.05, 4.69) is 15.5 Å². The Balaban J connectivity index is 2.60. The third kappa shape index (κ3) is 3.23. The zero-order chi connectivity index (χ0) is 11.3. The number of aryl methyl sites for hydroxylation is 1. The second-order valence-corrected chi connectivity index (χ2v) is 3.01. The van der Waals surface area contributed by atoms with Crippen molar-refractivity contribution in [1.82, 2.24) is 15.5 Å². The lowest BCUT2D eigenvalue weighted by molar-refractivity contribution is 0.145. The number of ether oxygens (including phenoxy) is 1. The standard InChI is InChI=1S/C9H15N3O3/c1-4-7(11-9(13)14-5-2)8-10-6(3)12-15-8/h7H,4-5H2,1-3H3,(H,11,13). The van der Waals surface area contributed by atoms with Gasteiger partial charge < -0.3 is 14.6 Å². The van der Waals surface area contributed by atoms with Crippen LogP contribution in [0.2, 0.25) is 0 Å². The van der Waals surface area contributed by atoms with Crippen LogP contribution in [0.25, 0.3) is 0 Å². The molecule has 1 amide bonds. The summed E-state index contributed by atoms with van der Waals surface area (Å²) in [6.07, 6.45) is 0.195. The minimum Gasteiger partial charge on any atom is -0.450 e. The van der Waals surface area contributed by atoms with Crippen molar-refractivity contribution < 1.29 is 14.1 Å². The first-order chi connectivity index (χ1) is 7.17. The number of nitrogens with one attached hydrogen (secondary N) is 1. The van der Waals surface area contributed by atoms with E-state index >= 15 is 0 Å². The Labute approximate surface area is 88.0 Å². The van der Waals surface area contributed by atoms with Crippen LogP contribution in [0.3, 0.4) is 0 Å². The third-order valence-electron chi connectivity index (χ3n) is 1.82. The summed E-state index contributed by atoms with van der Waals surface area (Å²) >= 11 is 0. The summed E-state index contributed by atoms with van der Waals surface area (Å²) < 4.78 is 9.73. The average Bonchev–Trinajstić information content (AvgIpc) is 2.61. The molecule has 1 atom stereocenters.